The summed E-state index contributed by atoms with van der Waals surface area (Å²) < 4.78 is 31.4. The first-order valence-electron chi connectivity index (χ1n) is 9.09. The van der Waals surface area contributed by atoms with Crippen LogP contribution in [0.5, 0.6) is 0 Å². The van der Waals surface area contributed by atoms with E-state index < -0.39 is 15.6 Å². The van der Waals surface area contributed by atoms with Crippen molar-refractivity contribution in [1.29, 1.82) is 0 Å². The lowest BCUT2D eigenvalue weighted by Gasteiger charge is -2.42. The van der Waals surface area contributed by atoms with Gasteiger partial charge in [-0.05, 0) is 38.0 Å². The van der Waals surface area contributed by atoms with Crippen molar-refractivity contribution in [2.75, 3.05) is 33.1 Å². The molecule has 7 heteroatoms. The molecule has 1 aliphatic carbocycles. The molecule has 0 aromatic rings. The zero-order valence-electron chi connectivity index (χ0n) is 15.1. The van der Waals surface area contributed by atoms with Crippen LogP contribution in [0.3, 0.4) is 0 Å². The molecule has 140 valence electrons. The molecule has 1 saturated heterocycles. The van der Waals surface area contributed by atoms with Gasteiger partial charge in [0, 0.05) is 38.8 Å². The Labute approximate surface area is 146 Å². The van der Waals surface area contributed by atoms with E-state index in [2.05, 4.69) is 4.72 Å². The summed E-state index contributed by atoms with van der Waals surface area (Å²) in [4.78, 5) is 14.5. The van der Waals surface area contributed by atoms with E-state index in [-0.39, 0.29) is 5.91 Å². The van der Waals surface area contributed by atoms with Gasteiger partial charge in [0.15, 0.2) is 0 Å². The van der Waals surface area contributed by atoms with Crippen LogP contribution in [0.4, 0.5) is 0 Å². The van der Waals surface area contributed by atoms with Gasteiger partial charge in [0.2, 0.25) is 15.9 Å². The average Bonchev–Trinajstić information content (AvgIpc) is 2.53. The van der Waals surface area contributed by atoms with Crippen LogP contribution < -0.4 is 4.72 Å². The van der Waals surface area contributed by atoms with Crippen molar-refractivity contribution in [2.45, 2.75) is 63.3 Å². The van der Waals surface area contributed by atoms with E-state index in [4.69, 9.17) is 4.74 Å². The van der Waals surface area contributed by atoms with Gasteiger partial charge in [-0.1, -0.05) is 19.3 Å². The number of hydrogen-bond donors (Lipinski definition) is 1. The third kappa shape index (κ3) is 6.01. The SMILES string of the molecule is COCCC1(NS(C)(=O)=O)CCN(C(=O)CC2CCCCC2)CC1. The van der Waals surface area contributed by atoms with E-state index in [1.807, 2.05) is 4.90 Å². The number of carbonyl (C=O) groups excluding carboxylic acids is 1. The molecular weight excluding hydrogens is 328 g/mol. The van der Waals surface area contributed by atoms with E-state index in [0.29, 0.717) is 51.3 Å². The Morgan fingerprint density at radius 1 is 1.21 bits per heavy atom. The normalized spacial score (nSPS) is 22.5. The van der Waals surface area contributed by atoms with Crippen molar-refractivity contribution >= 4 is 15.9 Å². The highest BCUT2D eigenvalue weighted by Gasteiger charge is 2.38. The molecule has 24 heavy (non-hydrogen) atoms. The van der Waals surface area contributed by atoms with Crippen molar-refractivity contribution in [3.63, 3.8) is 0 Å². The predicted molar refractivity (Wildman–Crippen MR) is 94.2 cm³/mol. The fourth-order valence-electron chi connectivity index (χ4n) is 4.05. The Kier molecular flexibility index (Phi) is 7.07. The fraction of sp³-hybridized carbons (Fsp3) is 0.941. The number of sulfonamides is 1. The molecule has 2 fully saturated rings. The first-order chi connectivity index (χ1) is 11.3. The molecule has 0 radical (unpaired) electrons. The lowest BCUT2D eigenvalue weighted by molar-refractivity contribution is -0.134. The molecule has 0 aromatic heterocycles. The summed E-state index contributed by atoms with van der Waals surface area (Å²) in [5.74, 6) is 0.780. The molecular formula is C17H32N2O4S. The summed E-state index contributed by atoms with van der Waals surface area (Å²) in [6.07, 6.45) is 9.94. The molecule has 0 unspecified atom stereocenters. The number of nitrogens with zero attached hydrogens (tertiary/aromatic N) is 1. The Morgan fingerprint density at radius 3 is 2.38 bits per heavy atom. The first-order valence-corrected chi connectivity index (χ1v) is 11.0. The molecule has 1 aliphatic heterocycles. The number of rotatable bonds is 7. The molecule has 1 saturated carbocycles. The third-order valence-corrected chi connectivity index (χ3v) is 6.25. The van der Waals surface area contributed by atoms with Gasteiger partial charge < -0.3 is 9.64 Å². The highest BCUT2D eigenvalue weighted by Crippen LogP contribution is 2.30. The van der Waals surface area contributed by atoms with Crippen LogP contribution in [-0.2, 0) is 19.6 Å². The number of methoxy groups -OCH3 is 1. The molecule has 0 aromatic carbocycles. The van der Waals surface area contributed by atoms with E-state index >= 15 is 0 Å². The van der Waals surface area contributed by atoms with Crippen molar-refractivity contribution < 1.29 is 17.9 Å². The number of piperidine rings is 1. The van der Waals surface area contributed by atoms with Crippen LogP contribution in [0.1, 0.15) is 57.8 Å². The monoisotopic (exact) mass is 360 g/mol. The number of ether oxygens (including phenoxy) is 1. The smallest absolute Gasteiger partial charge is 0.222 e. The van der Waals surface area contributed by atoms with Gasteiger partial charge in [-0.2, -0.15) is 0 Å². The molecule has 6 nitrogen and oxygen atoms in total. The van der Waals surface area contributed by atoms with Gasteiger partial charge in [0.05, 0.1) is 6.26 Å². The lowest BCUT2D eigenvalue weighted by atomic mass is 9.84. The van der Waals surface area contributed by atoms with Crippen LogP contribution in [0.2, 0.25) is 0 Å². The highest BCUT2D eigenvalue weighted by atomic mass is 32.2. The highest BCUT2D eigenvalue weighted by molar-refractivity contribution is 7.88. The second-order valence-electron chi connectivity index (χ2n) is 7.49. The second-order valence-corrected chi connectivity index (χ2v) is 9.23. The number of nitrogens with one attached hydrogen (secondary N) is 1. The van der Waals surface area contributed by atoms with Crippen molar-refractivity contribution in [3.8, 4) is 0 Å². The predicted octanol–water partition coefficient (Wildman–Crippen LogP) is 1.90. The van der Waals surface area contributed by atoms with Gasteiger partial charge in [0.25, 0.3) is 0 Å². The summed E-state index contributed by atoms with van der Waals surface area (Å²) in [6.45, 7) is 1.76. The minimum absolute atomic E-state index is 0.238. The third-order valence-electron chi connectivity index (χ3n) is 5.45. The lowest BCUT2D eigenvalue weighted by Crippen LogP contribution is -2.56. The largest absolute Gasteiger partial charge is 0.385 e. The molecule has 0 atom stereocenters. The molecule has 2 rings (SSSR count). The topological polar surface area (TPSA) is 75.7 Å². The van der Waals surface area contributed by atoms with Gasteiger partial charge in [-0.25, -0.2) is 13.1 Å². The van der Waals surface area contributed by atoms with E-state index in [0.717, 1.165) is 0 Å². The minimum Gasteiger partial charge on any atom is -0.385 e. The summed E-state index contributed by atoms with van der Waals surface area (Å²) in [7, 11) is -1.66. The zero-order chi connectivity index (χ0) is 17.6. The summed E-state index contributed by atoms with van der Waals surface area (Å²) in [5, 5.41) is 0. The standard InChI is InChI=1S/C17H32N2O4S/c1-23-13-10-17(18-24(2,21)22)8-11-19(12-9-17)16(20)14-15-6-4-3-5-7-15/h15,18H,3-14H2,1-2H3. The molecule has 1 N–H and O–H groups in total. The maximum atomic E-state index is 12.5. The van der Waals surface area contributed by atoms with E-state index in [1.165, 1.54) is 38.4 Å². The van der Waals surface area contributed by atoms with E-state index in [1.54, 1.807) is 7.11 Å². The Hall–Kier alpha value is -0.660. The average molecular weight is 361 g/mol. The number of likely N-dealkylation sites (tertiary alicyclic amines) is 1. The van der Waals surface area contributed by atoms with Gasteiger partial charge in [-0.3, -0.25) is 4.79 Å². The number of carbonyl (C=O) groups is 1. The fourth-order valence-corrected chi connectivity index (χ4v) is 5.14. The summed E-state index contributed by atoms with van der Waals surface area (Å²) in [5.41, 5.74) is -0.481. The van der Waals surface area contributed by atoms with Crippen LogP contribution in [0.25, 0.3) is 0 Å². The Bertz CT molecular complexity index is 507. The summed E-state index contributed by atoms with van der Waals surface area (Å²) >= 11 is 0. The van der Waals surface area contributed by atoms with E-state index in [9.17, 15) is 13.2 Å². The first kappa shape index (κ1) is 19.7. The quantitative estimate of drug-likeness (QED) is 0.752. The Balaban J connectivity index is 1.89. The zero-order valence-corrected chi connectivity index (χ0v) is 15.9. The maximum absolute atomic E-state index is 12.5. The molecule has 2 aliphatic rings. The molecule has 1 heterocycles. The van der Waals surface area contributed by atoms with Crippen LogP contribution in [0, 0.1) is 5.92 Å². The van der Waals surface area contributed by atoms with Gasteiger partial charge in [-0.15, -0.1) is 0 Å². The van der Waals surface area contributed by atoms with Crippen molar-refractivity contribution in [3.05, 3.63) is 0 Å². The van der Waals surface area contributed by atoms with Gasteiger partial charge in [0.1, 0.15) is 0 Å². The summed E-state index contributed by atoms with van der Waals surface area (Å²) in [6, 6.07) is 0. The van der Waals surface area contributed by atoms with Gasteiger partial charge >= 0.3 is 0 Å². The van der Waals surface area contributed by atoms with Crippen molar-refractivity contribution in [2.24, 2.45) is 5.92 Å². The minimum atomic E-state index is -3.28. The van der Waals surface area contributed by atoms with Crippen LogP contribution in [0.15, 0.2) is 0 Å². The van der Waals surface area contributed by atoms with Crippen LogP contribution in [-0.4, -0.2) is 57.8 Å². The maximum Gasteiger partial charge on any atom is 0.222 e. The molecule has 1 amide bonds. The number of amides is 1. The van der Waals surface area contributed by atoms with Crippen LogP contribution >= 0.6 is 0 Å². The number of hydrogen-bond acceptors (Lipinski definition) is 4. The second kappa shape index (κ2) is 8.63. The molecule has 0 spiro atoms. The molecule has 0 bridgehead atoms. The Morgan fingerprint density at radius 2 is 1.83 bits per heavy atom. The van der Waals surface area contributed by atoms with Crippen molar-refractivity contribution in [1.82, 2.24) is 9.62 Å².